The molecule has 0 heterocycles. The maximum atomic E-state index is 10.7. The number of carboxylic acids is 1. The second-order valence-electron chi connectivity index (χ2n) is 5.91. The summed E-state index contributed by atoms with van der Waals surface area (Å²) in [5.41, 5.74) is 2.45. The van der Waals surface area contributed by atoms with E-state index in [2.05, 4.69) is 19.9 Å². The average molecular weight is 234 g/mol. The zero-order valence-electron chi connectivity index (χ0n) is 11.0. The summed E-state index contributed by atoms with van der Waals surface area (Å²) in [6, 6.07) is 0. The Labute approximate surface area is 103 Å². The Morgan fingerprint density at radius 3 is 2.88 bits per heavy atom. The van der Waals surface area contributed by atoms with Crippen molar-refractivity contribution in [3.05, 3.63) is 23.3 Å². The predicted molar refractivity (Wildman–Crippen MR) is 68.7 cm³/mol. The molecule has 3 rings (SSSR count). The fourth-order valence-corrected chi connectivity index (χ4v) is 3.55. The van der Waals surface area contributed by atoms with E-state index < -0.39 is 5.97 Å². The van der Waals surface area contributed by atoms with Crippen molar-refractivity contribution < 1.29 is 9.90 Å². The van der Waals surface area contributed by atoms with Gasteiger partial charge in [-0.25, -0.2) is 4.79 Å². The van der Waals surface area contributed by atoms with E-state index in [1.54, 1.807) is 12.5 Å². The molecule has 0 saturated heterocycles. The fourth-order valence-electron chi connectivity index (χ4n) is 3.55. The molecule has 1 fully saturated rings. The van der Waals surface area contributed by atoms with Crippen molar-refractivity contribution in [1.82, 2.24) is 0 Å². The standard InChI is InChI=1S/C15H22O2/c1-10-6-7-12-9-13(10)15(12,3)8-4-5-11(2)14(16)17/h5-6,12-13H,4,7-9H2,1-3H3,(H,16,17)/b11-5-/t12-,13-,15+/m0/s1. The molecule has 17 heavy (non-hydrogen) atoms. The zero-order chi connectivity index (χ0) is 12.6. The second-order valence-corrected chi connectivity index (χ2v) is 5.91. The lowest BCUT2D eigenvalue weighted by Gasteiger charge is -2.58. The van der Waals surface area contributed by atoms with E-state index in [-0.39, 0.29) is 0 Å². The Morgan fingerprint density at radius 2 is 2.35 bits per heavy atom. The molecule has 2 bridgehead atoms. The van der Waals surface area contributed by atoms with Gasteiger partial charge in [-0.2, -0.15) is 0 Å². The van der Waals surface area contributed by atoms with Gasteiger partial charge in [0, 0.05) is 5.57 Å². The van der Waals surface area contributed by atoms with Crippen LogP contribution in [0.2, 0.25) is 0 Å². The Balaban J connectivity index is 1.95. The van der Waals surface area contributed by atoms with Crippen LogP contribution in [-0.4, -0.2) is 11.1 Å². The quantitative estimate of drug-likeness (QED) is 0.593. The van der Waals surface area contributed by atoms with Gasteiger partial charge in [0.1, 0.15) is 0 Å². The van der Waals surface area contributed by atoms with Gasteiger partial charge >= 0.3 is 5.97 Å². The van der Waals surface area contributed by atoms with Crippen LogP contribution in [0.1, 0.15) is 46.5 Å². The number of rotatable bonds is 4. The molecule has 0 aromatic rings. The van der Waals surface area contributed by atoms with E-state index in [9.17, 15) is 4.79 Å². The molecule has 0 spiro atoms. The summed E-state index contributed by atoms with van der Waals surface area (Å²) in [5.74, 6) is 0.787. The lowest BCUT2D eigenvalue weighted by Crippen LogP contribution is -2.49. The fraction of sp³-hybridized carbons (Fsp3) is 0.667. The number of carboxylic acid groups (broad SMARTS) is 1. The van der Waals surface area contributed by atoms with Gasteiger partial charge in [-0.05, 0) is 56.8 Å². The number of hydrogen-bond acceptors (Lipinski definition) is 1. The SMILES string of the molecule is CC1=CC[C@H]2C[C@@H]1[C@]2(C)CC/C=C(/C)C(=O)O. The molecular weight excluding hydrogens is 212 g/mol. The molecule has 0 aromatic carbocycles. The second kappa shape index (κ2) is 4.32. The minimum Gasteiger partial charge on any atom is -0.478 e. The minimum atomic E-state index is -0.792. The van der Waals surface area contributed by atoms with Gasteiger partial charge in [0.25, 0.3) is 0 Å². The summed E-state index contributed by atoms with van der Waals surface area (Å²) in [6.07, 6.45) is 8.85. The van der Waals surface area contributed by atoms with Gasteiger partial charge < -0.3 is 5.11 Å². The van der Waals surface area contributed by atoms with Crippen LogP contribution in [-0.2, 0) is 4.79 Å². The molecule has 0 aliphatic heterocycles. The molecule has 3 aliphatic carbocycles. The first kappa shape index (κ1) is 12.4. The molecule has 0 radical (unpaired) electrons. The van der Waals surface area contributed by atoms with E-state index in [1.165, 1.54) is 12.8 Å². The molecule has 2 heteroatoms. The largest absolute Gasteiger partial charge is 0.478 e. The molecule has 2 nitrogen and oxygen atoms in total. The average Bonchev–Trinajstić information content (AvgIpc) is 2.27. The normalized spacial score (nSPS) is 36.2. The summed E-state index contributed by atoms with van der Waals surface area (Å²) in [6.45, 7) is 6.31. The summed E-state index contributed by atoms with van der Waals surface area (Å²) < 4.78 is 0. The van der Waals surface area contributed by atoms with E-state index in [0.717, 1.165) is 24.7 Å². The number of aliphatic carboxylic acids is 1. The van der Waals surface area contributed by atoms with Crippen molar-refractivity contribution in [2.24, 2.45) is 17.3 Å². The van der Waals surface area contributed by atoms with Crippen LogP contribution in [0.3, 0.4) is 0 Å². The lowest BCUT2D eigenvalue weighted by molar-refractivity contribution is -0.132. The molecule has 3 aliphatic rings. The maximum absolute atomic E-state index is 10.7. The number of allylic oxidation sites excluding steroid dienone is 3. The summed E-state index contributed by atoms with van der Waals surface area (Å²) in [4.78, 5) is 10.7. The van der Waals surface area contributed by atoms with Gasteiger partial charge in [0.2, 0.25) is 0 Å². The molecule has 0 amide bonds. The van der Waals surface area contributed by atoms with E-state index in [0.29, 0.717) is 11.0 Å². The first-order chi connectivity index (χ1) is 7.95. The maximum Gasteiger partial charge on any atom is 0.330 e. The van der Waals surface area contributed by atoms with Crippen molar-refractivity contribution in [2.75, 3.05) is 0 Å². The van der Waals surface area contributed by atoms with Gasteiger partial charge in [0.05, 0.1) is 0 Å². The van der Waals surface area contributed by atoms with E-state index in [1.807, 2.05) is 6.08 Å². The molecule has 94 valence electrons. The van der Waals surface area contributed by atoms with Crippen LogP contribution >= 0.6 is 0 Å². The molecule has 1 saturated carbocycles. The topological polar surface area (TPSA) is 37.3 Å². The van der Waals surface area contributed by atoms with Crippen LogP contribution < -0.4 is 0 Å². The molecule has 0 unspecified atom stereocenters. The molecule has 1 N–H and O–H groups in total. The highest BCUT2D eigenvalue weighted by Crippen LogP contribution is 2.61. The van der Waals surface area contributed by atoms with Crippen LogP contribution in [0.5, 0.6) is 0 Å². The van der Waals surface area contributed by atoms with E-state index in [4.69, 9.17) is 5.11 Å². The Hall–Kier alpha value is -1.05. The Kier molecular flexibility index (Phi) is 3.15. The lowest BCUT2D eigenvalue weighted by atomic mass is 9.47. The van der Waals surface area contributed by atoms with Gasteiger partial charge in [0.15, 0.2) is 0 Å². The highest BCUT2D eigenvalue weighted by Gasteiger charge is 2.52. The number of carbonyl (C=O) groups is 1. The van der Waals surface area contributed by atoms with Crippen molar-refractivity contribution in [3.8, 4) is 0 Å². The van der Waals surface area contributed by atoms with Crippen LogP contribution in [0.4, 0.5) is 0 Å². The predicted octanol–water partition coefficient (Wildman–Crippen LogP) is 3.79. The number of fused-ring (bicyclic) bond motifs is 1. The smallest absolute Gasteiger partial charge is 0.330 e. The third-order valence-corrected chi connectivity index (χ3v) is 4.99. The summed E-state index contributed by atoms with van der Waals surface area (Å²) in [7, 11) is 0. The van der Waals surface area contributed by atoms with Crippen molar-refractivity contribution in [1.29, 1.82) is 0 Å². The third kappa shape index (κ3) is 2.05. The Bertz CT molecular complexity index is 392. The van der Waals surface area contributed by atoms with Crippen molar-refractivity contribution >= 4 is 5.97 Å². The van der Waals surface area contributed by atoms with Gasteiger partial charge in [-0.3, -0.25) is 0 Å². The summed E-state index contributed by atoms with van der Waals surface area (Å²) >= 11 is 0. The monoisotopic (exact) mass is 234 g/mol. The highest BCUT2D eigenvalue weighted by molar-refractivity contribution is 5.85. The zero-order valence-corrected chi connectivity index (χ0v) is 11.0. The minimum absolute atomic E-state index is 0.425. The molecule has 3 atom stereocenters. The summed E-state index contributed by atoms with van der Waals surface area (Å²) in [5, 5.41) is 8.81. The van der Waals surface area contributed by atoms with Crippen molar-refractivity contribution in [2.45, 2.75) is 46.5 Å². The van der Waals surface area contributed by atoms with E-state index >= 15 is 0 Å². The van der Waals surface area contributed by atoms with Gasteiger partial charge in [-0.15, -0.1) is 0 Å². The van der Waals surface area contributed by atoms with Crippen LogP contribution in [0, 0.1) is 17.3 Å². The Morgan fingerprint density at radius 1 is 1.65 bits per heavy atom. The van der Waals surface area contributed by atoms with Gasteiger partial charge in [-0.1, -0.05) is 24.6 Å². The molecular formula is C15H22O2. The molecule has 0 aromatic heterocycles. The highest BCUT2D eigenvalue weighted by atomic mass is 16.4. The van der Waals surface area contributed by atoms with Crippen LogP contribution in [0.25, 0.3) is 0 Å². The van der Waals surface area contributed by atoms with Crippen molar-refractivity contribution in [3.63, 3.8) is 0 Å². The van der Waals surface area contributed by atoms with Crippen LogP contribution in [0.15, 0.2) is 23.3 Å². The first-order valence-corrected chi connectivity index (χ1v) is 6.52. The third-order valence-electron chi connectivity index (χ3n) is 4.99. The number of hydrogen-bond donors (Lipinski definition) is 1. The first-order valence-electron chi connectivity index (χ1n) is 6.52.